The number of carbonyl (C=O) groups excluding carboxylic acids is 1. The van der Waals surface area contributed by atoms with Crippen molar-refractivity contribution in [3.8, 4) is 5.75 Å². The lowest BCUT2D eigenvalue weighted by Crippen LogP contribution is -2.36. The molecule has 0 bridgehead atoms. The van der Waals surface area contributed by atoms with E-state index in [4.69, 9.17) is 5.11 Å². The maximum Gasteiger partial charge on any atom is 0.241 e. The fourth-order valence-corrected chi connectivity index (χ4v) is 2.18. The van der Waals surface area contributed by atoms with Gasteiger partial charge in [-0.2, -0.15) is 0 Å². The normalized spacial score (nSPS) is 11.1. The van der Waals surface area contributed by atoms with Gasteiger partial charge in [-0.15, -0.1) is 0 Å². The van der Waals surface area contributed by atoms with Gasteiger partial charge in [-0.3, -0.25) is 4.79 Å². The molecule has 0 saturated heterocycles. The molecule has 0 aliphatic heterocycles. The van der Waals surface area contributed by atoms with Crippen molar-refractivity contribution in [3.63, 3.8) is 0 Å². The maximum atomic E-state index is 11.7. The van der Waals surface area contributed by atoms with Crippen molar-refractivity contribution in [1.29, 1.82) is 0 Å². The fourth-order valence-electron chi connectivity index (χ4n) is 1.15. The summed E-state index contributed by atoms with van der Waals surface area (Å²) >= 11 is 0. The molecule has 94 valence electrons. The molecule has 0 fully saturated rings. The van der Waals surface area contributed by atoms with Crippen LogP contribution in [0.25, 0.3) is 0 Å². The van der Waals surface area contributed by atoms with E-state index in [0.717, 1.165) is 6.07 Å². The quantitative estimate of drug-likeness (QED) is 0.682. The topological polar surface area (TPSA) is 95.5 Å². The van der Waals surface area contributed by atoms with Crippen LogP contribution in [0.15, 0.2) is 29.2 Å². The lowest BCUT2D eigenvalue weighted by Gasteiger charge is -2.06. The first kappa shape index (κ1) is 13.5. The Morgan fingerprint density at radius 2 is 2.12 bits per heavy atom. The van der Waals surface area contributed by atoms with E-state index in [1.165, 1.54) is 18.2 Å². The Morgan fingerprint density at radius 3 is 2.71 bits per heavy atom. The second kappa shape index (κ2) is 5.65. The first-order valence-corrected chi connectivity index (χ1v) is 6.49. The third-order valence-corrected chi connectivity index (χ3v) is 3.32. The lowest BCUT2D eigenvalue weighted by atomic mass is 10.3. The number of phenolic OH excluding ortho intramolecular Hbond substituents is 1. The van der Waals surface area contributed by atoms with Crippen molar-refractivity contribution in [2.24, 2.45) is 0 Å². The van der Waals surface area contributed by atoms with E-state index < -0.39 is 15.9 Å². The Hall–Kier alpha value is -1.60. The summed E-state index contributed by atoms with van der Waals surface area (Å²) in [4.78, 5) is 11.0. The molecule has 0 aliphatic carbocycles. The minimum absolute atomic E-state index is 0.0817. The molecular weight excluding hydrogens is 244 g/mol. The molecule has 3 N–H and O–H groups in total. The van der Waals surface area contributed by atoms with Crippen molar-refractivity contribution >= 4 is 15.9 Å². The second-order valence-electron chi connectivity index (χ2n) is 3.28. The molecule has 6 nitrogen and oxygen atoms in total. The summed E-state index contributed by atoms with van der Waals surface area (Å²) in [6.45, 7) is 1.85. The zero-order valence-electron chi connectivity index (χ0n) is 9.30. The molecule has 17 heavy (non-hydrogen) atoms. The molecule has 0 atom stereocenters. The molecular formula is C10H14N2O4S. The molecule has 0 spiro atoms. The zero-order chi connectivity index (χ0) is 12.9. The highest BCUT2D eigenvalue weighted by atomic mass is 32.2. The average molecular weight is 258 g/mol. The minimum atomic E-state index is -3.77. The number of hydrogen-bond donors (Lipinski definition) is 3. The monoisotopic (exact) mass is 258 g/mol. The highest BCUT2D eigenvalue weighted by molar-refractivity contribution is 7.89. The maximum absolute atomic E-state index is 11.7. The number of likely N-dealkylation sites (N-methyl/N-ethyl adjacent to an activating group) is 1. The highest BCUT2D eigenvalue weighted by Gasteiger charge is 2.15. The summed E-state index contributed by atoms with van der Waals surface area (Å²) in [5.41, 5.74) is 0. The molecule has 1 aromatic carbocycles. The Kier molecular flexibility index (Phi) is 4.47. The third-order valence-electron chi connectivity index (χ3n) is 1.92. The number of aromatic hydroxyl groups is 1. The molecule has 0 radical (unpaired) electrons. The third kappa shape index (κ3) is 4.04. The Morgan fingerprint density at radius 1 is 1.41 bits per heavy atom. The smallest absolute Gasteiger partial charge is 0.241 e. The molecule has 0 heterocycles. The van der Waals surface area contributed by atoms with Gasteiger partial charge in [0.2, 0.25) is 15.9 Å². The molecule has 1 rings (SSSR count). The predicted octanol–water partition coefficient (Wildman–Crippen LogP) is -0.193. The Bertz CT molecular complexity index is 499. The first-order valence-electron chi connectivity index (χ1n) is 5.01. The number of nitrogens with one attached hydrogen (secondary N) is 2. The number of benzene rings is 1. The number of phenols is 1. The SMILES string of the molecule is CCNC(=O)CNS(=O)(=O)c1cccc(O)c1. The lowest BCUT2D eigenvalue weighted by molar-refractivity contribution is -0.119. The summed E-state index contributed by atoms with van der Waals surface area (Å²) in [6.07, 6.45) is 0. The predicted molar refractivity (Wildman–Crippen MR) is 62.0 cm³/mol. The van der Waals surface area contributed by atoms with Crippen molar-refractivity contribution in [2.45, 2.75) is 11.8 Å². The van der Waals surface area contributed by atoms with Crippen LogP contribution in [-0.4, -0.2) is 32.5 Å². The van der Waals surface area contributed by atoms with Crippen LogP contribution in [0.1, 0.15) is 6.92 Å². The van der Waals surface area contributed by atoms with E-state index in [0.29, 0.717) is 6.54 Å². The number of sulfonamides is 1. The summed E-state index contributed by atoms with van der Waals surface area (Å²) in [6, 6.07) is 5.22. The van der Waals surface area contributed by atoms with Gasteiger partial charge in [-0.25, -0.2) is 13.1 Å². The standard InChI is InChI=1S/C10H14N2O4S/c1-2-11-10(14)7-12-17(15,16)9-5-3-4-8(13)6-9/h3-6,12-13H,2,7H2,1H3,(H,11,14). The van der Waals surface area contributed by atoms with Gasteiger partial charge in [0, 0.05) is 6.54 Å². The molecule has 7 heteroatoms. The fraction of sp³-hybridized carbons (Fsp3) is 0.300. The van der Waals surface area contributed by atoms with Gasteiger partial charge >= 0.3 is 0 Å². The summed E-state index contributed by atoms with van der Waals surface area (Å²) in [5.74, 6) is -0.554. The number of hydrogen-bond acceptors (Lipinski definition) is 4. The van der Waals surface area contributed by atoms with E-state index in [1.54, 1.807) is 6.92 Å². The number of carbonyl (C=O) groups is 1. The van der Waals surface area contributed by atoms with Crippen LogP contribution >= 0.6 is 0 Å². The molecule has 0 unspecified atom stereocenters. The van der Waals surface area contributed by atoms with Crippen LogP contribution in [0.2, 0.25) is 0 Å². The summed E-state index contributed by atoms with van der Waals surface area (Å²) in [5, 5.41) is 11.6. The van der Waals surface area contributed by atoms with E-state index in [2.05, 4.69) is 10.0 Å². The molecule has 1 aromatic rings. The van der Waals surface area contributed by atoms with Gasteiger partial charge < -0.3 is 10.4 Å². The molecule has 0 saturated carbocycles. The van der Waals surface area contributed by atoms with Gasteiger partial charge in [-0.1, -0.05) is 6.07 Å². The second-order valence-corrected chi connectivity index (χ2v) is 5.04. The number of rotatable bonds is 5. The van der Waals surface area contributed by atoms with Crippen LogP contribution in [-0.2, 0) is 14.8 Å². The van der Waals surface area contributed by atoms with Gasteiger partial charge in [0.1, 0.15) is 5.75 Å². The van der Waals surface area contributed by atoms with E-state index >= 15 is 0 Å². The Labute approximate surface area is 99.7 Å². The first-order chi connectivity index (χ1) is 7.95. The molecule has 0 aliphatic rings. The average Bonchev–Trinajstić information content (AvgIpc) is 2.27. The van der Waals surface area contributed by atoms with Crippen LogP contribution in [0.3, 0.4) is 0 Å². The minimum Gasteiger partial charge on any atom is -0.508 e. The van der Waals surface area contributed by atoms with Crippen LogP contribution < -0.4 is 10.0 Å². The van der Waals surface area contributed by atoms with Crippen LogP contribution in [0, 0.1) is 0 Å². The highest BCUT2D eigenvalue weighted by Crippen LogP contribution is 2.15. The largest absolute Gasteiger partial charge is 0.508 e. The van der Waals surface area contributed by atoms with Crippen molar-refractivity contribution in [3.05, 3.63) is 24.3 Å². The Balaban J connectivity index is 2.73. The van der Waals surface area contributed by atoms with E-state index in [-0.39, 0.29) is 17.2 Å². The van der Waals surface area contributed by atoms with Crippen molar-refractivity contribution in [1.82, 2.24) is 10.0 Å². The van der Waals surface area contributed by atoms with Crippen molar-refractivity contribution in [2.75, 3.05) is 13.1 Å². The van der Waals surface area contributed by atoms with Gasteiger partial charge in [-0.05, 0) is 25.1 Å². The van der Waals surface area contributed by atoms with E-state index in [9.17, 15) is 13.2 Å². The van der Waals surface area contributed by atoms with Gasteiger partial charge in [0.25, 0.3) is 0 Å². The summed E-state index contributed by atoms with van der Waals surface area (Å²) < 4.78 is 25.5. The zero-order valence-corrected chi connectivity index (χ0v) is 10.1. The summed E-state index contributed by atoms with van der Waals surface area (Å²) in [7, 11) is -3.77. The van der Waals surface area contributed by atoms with Gasteiger partial charge in [0.05, 0.1) is 11.4 Å². The number of amides is 1. The van der Waals surface area contributed by atoms with Crippen LogP contribution in [0.4, 0.5) is 0 Å². The van der Waals surface area contributed by atoms with Crippen LogP contribution in [0.5, 0.6) is 5.75 Å². The van der Waals surface area contributed by atoms with Crippen molar-refractivity contribution < 1.29 is 18.3 Å². The molecule has 0 aromatic heterocycles. The van der Waals surface area contributed by atoms with Gasteiger partial charge in [0.15, 0.2) is 0 Å². The van der Waals surface area contributed by atoms with E-state index in [1.807, 2.05) is 0 Å². The molecule has 1 amide bonds.